The number of aliphatic imine (C=N–C) groups is 1. The minimum absolute atomic E-state index is 0.957. The fourth-order valence-corrected chi connectivity index (χ4v) is 3.32. The van der Waals surface area contributed by atoms with E-state index in [4.69, 9.17) is 0 Å². The first-order valence-electron chi connectivity index (χ1n) is 12.6. The van der Waals surface area contributed by atoms with Crippen molar-refractivity contribution in [1.82, 2.24) is 15.4 Å². The molecule has 0 saturated carbocycles. The monoisotopic (exact) mass is 428 g/mol. The summed E-state index contributed by atoms with van der Waals surface area (Å²) in [5, 5.41) is 9.33. The van der Waals surface area contributed by atoms with Gasteiger partial charge in [-0.2, -0.15) is 15.4 Å². The molecule has 1 heterocycles. The number of H-pyrrole nitrogens is 1. The summed E-state index contributed by atoms with van der Waals surface area (Å²) in [5.74, 6) is 0. The summed E-state index contributed by atoms with van der Waals surface area (Å²) in [6.45, 7) is 6.76. The summed E-state index contributed by atoms with van der Waals surface area (Å²) in [7, 11) is 0. The van der Waals surface area contributed by atoms with Gasteiger partial charge >= 0.3 is 0 Å². The molecule has 0 saturated heterocycles. The number of benzene rings is 1. The Labute approximate surface area is 192 Å². The Hall–Kier alpha value is -1.97. The average Bonchev–Trinajstić information content (AvgIpc) is 3.41. The normalized spacial score (nSPS) is 9.84. The number of hydrogen-bond acceptors (Lipinski definition) is 3. The van der Waals surface area contributed by atoms with E-state index in [1.807, 2.05) is 36.4 Å². The van der Waals surface area contributed by atoms with Crippen LogP contribution in [-0.4, -0.2) is 28.7 Å². The summed E-state index contributed by atoms with van der Waals surface area (Å²) in [6, 6.07) is 12.0. The summed E-state index contributed by atoms with van der Waals surface area (Å²) in [6.07, 6.45) is 26.0. The van der Waals surface area contributed by atoms with Gasteiger partial charge in [0, 0.05) is 6.54 Å². The van der Waals surface area contributed by atoms with E-state index in [9.17, 15) is 0 Å². The maximum atomic E-state index is 3.89. The molecule has 2 rings (SSSR count). The second kappa shape index (κ2) is 28.0. The van der Waals surface area contributed by atoms with Crippen molar-refractivity contribution in [3.8, 4) is 0 Å². The van der Waals surface area contributed by atoms with Crippen molar-refractivity contribution in [1.29, 1.82) is 0 Å². The first kappa shape index (κ1) is 29.0. The highest BCUT2D eigenvalue weighted by Crippen LogP contribution is 2.13. The first-order chi connectivity index (χ1) is 15.4. The Bertz CT molecular complexity index is 469. The van der Waals surface area contributed by atoms with Gasteiger partial charge in [-0.3, -0.25) is 0 Å². The Morgan fingerprint density at radius 2 is 0.871 bits per heavy atom. The van der Waals surface area contributed by atoms with Crippen LogP contribution < -0.4 is 0 Å². The molecule has 0 atom stereocenters. The molecular formula is C27H48N4. The zero-order valence-electron chi connectivity index (χ0n) is 20.2. The molecule has 1 aromatic carbocycles. The number of hydrogen-bond donors (Lipinski definition) is 1. The maximum Gasteiger partial charge on any atom is 0.0690 e. The van der Waals surface area contributed by atoms with E-state index in [2.05, 4.69) is 34.0 Å². The molecule has 1 aromatic heterocycles. The lowest BCUT2D eigenvalue weighted by Crippen LogP contribution is -1.84. The highest BCUT2D eigenvalue weighted by Gasteiger charge is 1.94. The largest absolute Gasteiger partial charge is 0.301 e. The standard InChI is InChI=1S/C19H39N.C6H6.C2H3N3/c1-3-4-5-6-7-8-9-10-11-12-13-14-15-16-17-18-19-20-2;1-2-4-6-5-3-1;1-2-4-5-3-1/h2-19H2,1H3;1-6H;1-2H,(H,3,4,5). The number of nitrogens with one attached hydrogen (secondary N) is 1. The van der Waals surface area contributed by atoms with E-state index in [1.165, 1.54) is 103 Å². The number of nitrogens with zero attached hydrogens (tertiary/aromatic N) is 3. The SMILES string of the molecule is C=NCCCCCCCCCCCCCCCCCC.c1ccccc1.c1cn[nH]n1. The van der Waals surface area contributed by atoms with Crippen molar-refractivity contribution in [3.05, 3.63) is 48.8 Å². The van der Waals surface area contributed by atoms with Crippen LogP contribution >= 0.6 is 0 Å². The van der Waals surface area contributed by atoms with Crippen LogP contribution in [0.1, 0.15) is 110 Å². The highest BCUT2D eigenvalue weighted by molar-refractivity contribution is 5.22. The quantitative estimate of drug-likeness (QED) is 0.203. The van der Waals surface area contributed by atoms with Crippen molar-refractivity contribution in [3.63, 3.8) is 0 Å². The van der Waals surface area contributed by atoms with E-state index in [0.29, 0.717) is 0 Å². The van der Waals surface area contributed by atoms with Crippen LogP contribution in [0.4, 0.5) is 0 Å². The average molecular weight is 429 g/mol. The summed E-state index contributed by atoms with van der Waals surface area (Å²) >= 11 is 0. The van der Waals surface area contributed by atoms with Gasteiger partial charge < -0.3 is 4.99 Å². The first-order valence-corrected chi connectivity index (χ1v) is 12.6. The van der Waals surface area contributed by atoms with Crippen LogP contribution in [0.2, 0.25) is 0 Å². The van der Waals surface area contributed by atoms with Crippen LogP contribution in [0, 0.1) is 0 Å². The lowest BCUT2D eigenvalue weighted by Gasteiger charge is -2.03. The molecule has 0 aliphatic heterocycles. The molecule has 4 nitrogen and oxygen atoms in total. The van der Waals surface area contributed by atoms with E-state index in [1.54, 1.807) is 12.4 Å². The van der Waals surface area contributed by atoms with Crippen LogP contribution in [-0.2, 0) is 0 Å². The topological polar surface area (TPSA) is 53.9 Å². The molecule has 0 radical (unpaired) electrons. The summed E-state index contributed by atoms with van der Waals surface area (Å²) in [4.78, 5) is 3.89. The third kappa shape index (κ3) is 28.0. The zero-order valence-corrected chi connectivity index (χ0v) is 20.2. The number of rotatable bonds is 17. The van der Waals surface area contributed by atoms with E-state index >= 15 is 0 Å². The molecule has 0 unspecified atom stereocenters. The minimum atomic E-state index is 0.957. The molecule has 0 aliphatic rings. The van der Waals surface area contributed by atoms with Gasteiger partial charge in [-0.15, -0.1) is 0 Å². The van der Waals surface area contributed by atoms with E-state index in [-0.39, 0.29) is 0 Å². The zero-order chi connectivity index (χ0) is 22.5. The van der Waals surface area contributed by atoms with Gasteiger partial charge in [0.2, 0.25) is 0 Å². The Kier molecular flexibility index (Phi) is 26.2. The van der Waals surface area contributed by atoms with Crippen LogP contribution in [0.3, 0.4) is 0 Å². The van der Waals surface area contributed by atoms with Crippen molar-refractivity contribution in [2.45, 2.75) is 110 Å². The minimum Gasteiger partial charge on any atom is -0.301 e. The van der Waals surface area contributed by atoms with Crippen molar-refractivity contribution >= 4 is 6.72 Å². The molecule has 0 bridgehead atoms. The summed E-state index contributed by atoms with van der Waals surface area (Å²) in [5.41, 5.74) is 0. The number of unbranched alkanes of at least 4 members (excludes halogenated alkanes) is 15. The molecule has 4 heteroatoms. The van der Waals surface area contributed by atoms with Gasteiger partial charge in [0.25, 0.3) is 0 Å². The molecule has 0 amide bonds. The Morgan fingerprint density at radius 1 is 0.548 bits per heavy atom. The fraction of sp³-hybridized carbons (Fsp3) is 0.667. The van der Waals surface area contributed by atoms with E-state index < -0.39 is 0 Å². The van der Waals surface area contributed by atoms with Crippen molar-refractivity contribution in [2.24, 2.45) is 4.99 Å². The molecule has 0 spiro atoms. The molecule has 0 aliphatic carbocycles. The third-order valence-electron chi connectivity index (χ3n) is 5.17. The molecular weight excluding hydrogens is 380 g/mol. The van der Waals surface area contributed by atoms with Crippen LogP contribution in [0.5, 0.6) is 0 Å². The van der Waals surface area contributed by atoms with Crippen molar-refractivity contribution < 1.29 is 0 Å². The van der Waals surface area contributed by atoms with Crippen LogP contribution in [0.25, 0.3) is 0 Å². The molecule has 31 heavy (non-hydrogen) atoms. The molecule has 1 N–H and O–H groups in total. The Morgan fingerprint density at radius 3 is 1.13 bits per heavy atom. The Balaban J connectivity index is 0.000000648. The smallest absolute Gasteiger partial charge is 0.0690 e. The lowest BCUT2D eigenvalue weighted by molar-refractivity contribution is 0.530. The maximum absolute atomic E-state index is 3.89. The van der Waals surface area contributed by atoms with Gasteiger partial charge in [-0.25, -0.2) is 0 Å². The van der Waals surface area contributed by atoms with E-state index in [0.717, 1.165) is 6.54 Å². The predicted octanol–water partition coefficient (Wildman–Crippen LogP) is 8.44. The fourth-order valence-electron chi connectivity index (χ4n) is 3.32. The van der Waals surface area contributed by atoms with Crippen LogP contribution in [0.15, 0.2) is 53.8 Å². The second-order valence-corrected chi connectivity index (χ2v) is 8.06. The number of aromatic nitrogens is 3. The summed E-state index contributed by atoms with van der Waals surface area (Å²) < 4.78 is 0. The van der Waals surface area contributed by atoms with Gasteiger partial charge in [0.05, 0.1) is 12.4 Å². The molecule has 0 fully saturated rings. The van der Waals surface area contributed by atoms with Gasteiger partial charge in [0.15, 0.2) is 0 Å². The molecule has 2 aromatic rings. The predicted molar refractivity (Wildman–Crippen MR) is 137 cm³/mol. The highest BCUT2D eigenvalue weighted by atomic mass is 15.3. The van der Waals surface area contributed by atoms with Gasteiger partial charge in [-0.1, -0.05) is 140 Å². The van der Waals surface area contributed by atoms with Gasteiger partial charge in [0.1, 0.15) is 0 Å². The second-order valence-electron chi connectivity index (χ2n) is 8.06. The third-order valence-corrected chi connectivity index (χ3v) is 5.17. The number of aromatic amines is 1. The van der Waals surface area contributed by atoms with Gasteiger partial charge in [-0.05, 0) is 13.1 Å². The molecule has 176 valence electrons. The van der Waals surface area contributed by atoms with Crippen molar-refractivity contribution in [2.75, 3.05) is 6.54 Å². The lowest BCUT2D eigenvalue weighted by atomic mass is 10.0.